The molecule has 0 saturated heterocycles. The van der Waals surface area contributed by atoms with Crippen LogP contribution in [0, 0.1) is 0 Å². The Kier molecular flexibility index (Phi) is 4.50. The van der Waals surface area contributed by atoms with E-state index in [0.29, 0.717) is 0 Å². The van der Waals surface area contributed by atoms with E-state index in [4.69, 9.17) is 0 Å². The van der Waals surface area contributed by atoms with Gasteiger partial charge in [0.2, 0.25) is 0 Å². The minimum Gasteiger partial charge on any atom is -0.418 e. The Morgan fingerprint density at radius 1 is 0.750 bits per heavy atom. The third-order valence-corrected chi connectivity index (χ3v) is 6.25. The molecule has 1 aromatic heterocycles. The lowest BCUT2D eigenvalue weighted by Gasteiger charge is -1.96. The van der Waals surface area contributed by atoms with Gasteiger partial charge in [0.1, 0.15) is 5.75 Å². The fraction of sp³-hybridized carbons (Fsp3) is 0.111. The monoisotopic (exact) mass is 350 g/mol. The van der Waals surface area contributed by atoms with Crippen molar-refractivity contribution in [2.75, 3.05) is 0 Å². The molecular weight excluding hydrogens is 335 g/mol. The third kappa shape index (κ3) is 3.24. The van der Waals surface area contributed by atoms with Crippen LogP contribution in [0.25, 0.3) is 30.9 Å². The zero-order chi connectivity index (χ0) is 17.3. The summed E-state index contributed by atoms with van der Waals surface area (Å²) in [4.78, 5) is 0. The number of thiophene rings is 1. The van der Waals surface area contributed by atoms with Gasteiger partial charge in [0.05, 0.1) is 0 Å². The van der Waals surface area contributed by atoms with Gasteiger partial charge in [0.25, 0.3) is 0 Å². The van der Waals surface area contributed by atoms with Crippen LogP contribution in [0.2, 0.25) is 0 Å². The summed E-state index contributed by atoms with van der Waals surface area (Å²) < 4.78 is 42.1. The molecule has 6 heteroatoms. The average molecular weight is 350 g/mol. The molecular formula is C18H15BF4S. The van der Waals surface area contributed by atoms with Crippen LogP contribution in [0.1, 0.15) is 6.92 Å². The lowest BCUT2D eigenvalue weighted by atomic mass is 10.1. The Morgan fingerprint density at radius 3 is 2.00 bits per heavy atom. The van der Waals surface area contributed by atoms with Gasteiger partial charge in [0.15, 0.2) is 9.40 Å². The van der Waals surface area contributed by atoms with Gasteiger partial charge < -0.3 is 17.3 Å². The van der Waals surface area contributed by atoms with E-state index < -0.39 is 7.25 Å². The molecule has 24 heavy (non-hydrogen) atoms. The summed E-state index contributed by atoms with van der Waals surface area (Å²) in [6.45, 7) is 2.30. The van der Waals surface area contributed by atoms with Crippen molar-refractivity contribution in [2.45, 2.75) is 12.7 Å². The highest BCUT2D eigenvalue weighted by Crippen LogP contribution is 2.46. The molecule has 0 N–H and O–H groups in total. The molecule has 4 rings (SSSR count). The quantitative estimate of drug-likeness (QED) is 0.193. The average Bonchev–Trinajstić information content (AvgIpc) is 2.87. The highest BCUT2D eigenvalue weighted by atomic mass is 32.2. The second-order valence-corrected chi connectivity index (χ2v) is 7.54. The fourth-order valence-corrected chi connectivity index (χ4v) is 5.44. The van der Waals surface area contributed by atoms with Gasteiger partial charge in [-0.1, -0.05) is 36.4 Å². The lowest BCUT2D eigenvalue weighted by molar-refractivity contribution is 0.368. The normalized spacial score (nSPS) is 12.5. The Balaban J connectivity index is 0.000000300. The van der Waals surface area contributed by atoms with Crippen molar-refractivity contribution in [1.29, 1.82) is 0 Å². The van der Waals surface area contributed by atoms with Crippen LogP contribution >= 0.6 is 10.5 Å². The molecule has 0 aliphatic heterocycles. The number of hydrogen-bond donors (Lipinski definition) is 0. The van der Waals surface area contributed by atoms with E-state index in [2.05, 4.69) is 67.6 Å². The molecule has 0 fully saturated rings. The van der Waals surface area contributed by atoms with E-state index >= 15 is 0 Å². The first-order valence-electron chi connectivity index (χ1n) is 7.59. The van der Waals surface area contributed by atoms with E-state index in [0.717, 1.165) is 0 Å². The summed E-state index contributed by atoms with van der Waals surface area (Å²) in [5.41, 5.74) is 0. The maximum absolute atomic E-state index is 9.75. The van der Waals surface area contributed by atoms with Crippen molar-refractivity contribution < 1.29 is 17.3 Å². The maximum Gasteiger partial charge on any atom is 0.673 e. The molecule has 1 atom stereocenters. The Labute approximate surface area is 139 Å². The fourth-order valence-electron chi connectivity index (χ4n) is 3.03. The topological polar surface area (TPSA) is 0 Å². The highest BCUT2D eigenvalue weighted by Gasteiger charge is 2.21. The molecule has 1 unspecified atom stereocenters. The summed E-state index contributed by atoms with van der Waals surface area (Å²) in [7, 11) is -5.76. The van der Waals surface area contributed by atoms with Gasteiger partial charge in [-0.15, -0.1) is 0 Å². The van der Waals surface area contributed by atoms with E-state index in [-0.39, 0.29) is 10.5 Å². The minimum atomic E-state index is -6.00. The summed E-state index contributed by atoms with van der Waals surface area (Å²) in [5.74, 6) is 1.19. The number of aryl methyl sites for hydroxylation is 1. The first kappa shape index (κ1) is 16.8. The van der Waals surface area contributed by atoms with Crippen LogP contribution in [-0.4, -0.2) is 7.25 Å². The predicted octanol–water partition coefficient (Wildman–Crippen LogP) is 7.22. The predicted molar refractivity (Wildman–Crippen MR) is 97.3 cm³/mol. The Morgan fingerprint density at radius 2 is 1.33 bits per heavy atom. The number of rotatable bonds is 1. The molecule has 0 saturated carbocycles. The second kappa shape index (κ2) is 6.44. The van der Waals surface area contributed by atoms with Crippen LogP contribution in [-0.2, 0) is 5.75 Å². The van der Waals surface area contributed by atoms with Crippen molar-refractivity contribution in [3.8, 4) is 0 Å². The van der Waals surface area contributed by atoms with Gasteiger partial charge >= 0.3 is 7.25 Å². The van der Waals surface area contributed by atoms with E-state index in [1.54, 1.807) is 4.70 Å². The van der Waals surface area contributed by atoms with E-state index in [9.17, 15) is 17.3 Å². The summed E-state index contributed by atoms with van der Waals surface area (Å²) in [5, 5.41) is 5.68. The van der Waals surface area contributed by atoms with Gasteiger partial charge in [-0.3, -0.25) is 0 Å². The molecule has 0 amide bonds. The van der Waals surface area contributed by atoms with Crippen molar-refractivity contribution in [3.05, 3.63) is 60.7 Å². The van der Waals surface area contributed by atoms with E-state index in [1.165, 1.54) is 32.0 Å². The third-order valence-electron chi connectivity index (χ3n) is 3.86. The number of benzene rings is 3. The van der Waals surface area contributed by atoms with Crippen LogP contribution in [0.3, 0.4) is 0 Å². The SMILES string of the molecule is CC[s+]1c2ccccc2c2ccc3ccccc3c21.F[B-](F)(F)F. The Bertz CT molecular complexity index is 998. The largest absolute Gasteiger partial charge is 0.673 e. The van der Waals surface area contributed by atoms with Gasteiger partial charge in [-0.05, 0) is 47.0 Å². The smallest absolute Gasteiger partial charge is 0.418 e. The molecule has 0 nitrogen and oxygen atoms in total. The molecule has 0 spiro atoms. The molecule has 1 heterocycles. The van der Waals surface area contributed by atoms with Gasteiger partial charge in [0, 0.05) is 16.2 Å². The van der Waals surface area contributed by atoms with Crippen LogP contribution in [0.5, 0.6) is 0 Å². The van der Waals surface area contributed by atoms with Crippen LogP contribution < -0.4 is 0 Å². The summed E-state index contributed by atoms with van der Waals surface area (Å²) in [6.07, 6.45) is 0. The van der Waals surface area contributed by atoms with Gasteiger partial charge in [-0.2, -0.15) is 0 Å². The first-order valence-corrected chi connectivity index (χ1v) is 8.99. The molecule has 0 bridgehead atoms. The molecule has 0 aliphatic rings. The van der Waals surface area contributed by atoms with Crippen LogP contribution in [0.4, 0.5) is 17.3 Å². The molecule has 0 aliphatic carbocycles. The van der Waals surface area contributed by atoms with Crippen LogP contribution in [0.15, 0.2) is 60.7 Å². The van der Waals surface area contributed by atoms with Crippen molar-refractivity contribution in [2.24, 2.45) is 0 Å². The molecule has 0 radical (unpaired) electrons. The number of halogens is 4. The highest BCUT2D eigenvalue weighted by molar-refractivity contribution is 7.43. The van der Waals surface area contributed by atoms with Gasteiger partial charge in [-0.25, -0.2) is 0 Å². The van der Waals surface area contributed by atoms with E-state index in [1.807, 2.05) is 0 Å². The molecule has 124 valence electrons. The molecule has 3 aromatic carbocycles. The first-order chi connectivity index (χ1) is 11.4. The number of hydrogen-bond acceptors (Lipinski definition) is 0. The maximum atomic E-state index is 9.75. The number of fused-ring (bicyclic) bond motifs is 5. The summed E-state index contributed by atoms with van der Waals surface area (Å²) in [6, 6.07) is 22.2. The zero-order valence-corrected chi connectivity index (χ0v) is 13.8. The molecule has 4 aromatic rings. The Hall–Kier alpha value is -2.08. The zero-order valence-electron chi connectivity index (χ0n) is 13.0. The standard InChI is InChI=1S/C18H15S.BF4/c1-2-19-17-10-6-5-9-15(17)16-12-11-13-7-3-4-8-14(13)18(16)19;2-1(3,4)5/h3-12H,2H2,1H3;/q+1;-1. The van der Waals surface area contributed by atoms with Crippen molar-refractivity contribution in [1.82, 2.24) is 0 Å². The van der Waals surface area contributed by atoms with Crippen molar-refractivity contribution >= 4 is 48.7 Å². The second-order valence-electron chi connectivity index (χ2n) is 5.33. The van der Waals surface area contributed by atoms with Crippen molar-refractivity contribution in [3.63, 3.8) is 0 Å². The lowest BCUT2D eigenvalue weighted by Crippen LogP contribution is -2.02. The minimum absolute atomic E-state index is 0.241. The summed E-state index contributed by atoms with van der Waals surface area (Å²) >= 11 is 0.